The Kier molecular flexibility index (Phi) is 6.45. The van der Waals surface area contributed by atoms with Crippen LogP contribution in [-0.2, 0) is 19.7 Å². The van der Waals surface area contributed by atoms with Crippen LogP contribution < -0.4 is 11.1 Å². The van der Waals surface area contributed by atoms with Crippen molar-refractivity contribution in [3.05, 3.63) is 63.2 Å². The first-order chi connectivity index (χ1) is 13.5. The van der Waals surface area contributed by atoms with Crippen LogP contribution in [-0.4, -0.2) is 39.2 Å². The Labute approximate surface area is 163 Å². The van der Waals surface area contributed by atoms with Crippen molar-refractivity contribution >= 4 is 17.1 Å². The van der Waals surface area contributed by atoms with Crippen LogP contribution in [0.2, 0.25) is 0 Å². The van der Waals surface area contributed by atoms with Gasteiger partial charge in [-0.2, -0.15) is 0 Å². The molecule has 2 aromatic carbocycles. The van der Waals surface area contributed by atoms with Gasteiger partial charge >= 0.3 is 0 Å². The lowest BCUT2D eigenvalue weighted by molar-refractivity contribution is -0.384. The van der Waals surface area contributed by atoms with Crippen molar-refractivity contribution in [1.29, 1.82) is 0 Å². The van der Waals surface area contributed by atoms with E-state index >= 15 is 0 Å². The molecule has 3 rings (SSSR count). The largest absolute Gasteiger partial charge is 0.395 e. The molecule has 1 unspecified atom stereocenters. The normalized spacial score (nSPS) is 17.0. The van der Waals surface area contributed by atoms with Gasteiger partial charge < -0.3 is 21.3 Å². The number of anilines is 2. The van der Waals surface area contributed by atoms with Crippen molar-refractivity contribution in [1.82, 2.24) is 4.90 Å². The lowest BCUT2D eigenvalue weighted by Crippen LogP contribution is -2.32. The minimum atomic E-state index is -0.576. The maximum Gasteiger partial charge on any atom is 0.297 e. The number of nitrogens with two attached hydrogens (primary N) is 1. The zero-order chi connectivity index (χ0) is 20.1. The summed E-state index contributed by atoms with van der Waals surface area (Å²) in [4.78, 5) is 12.8. The van der Waals surface area contributed by atoms with Crippen molar-refractivity contribution in [2.75, 3.05) is 24.2 Å². The lowest BCUT2D eigenvalue weighted by atomic mass is 10.1. The van der Waals surface area contributed by atoms with E-state index in [1.807, 2.05) is 18.2 Å². The molecule has 0 amide bonds. The van der Waals surface area contributed by atoms with Gasteiger partial charge in [0.05, 0.1) is 23.7 Å². The number of likely N-dealkylation sites (tertiary alicyclic amines) is 1. The summed E-state index contributed by atoms with van der Waals surface area (Å²) in [5, 5.41) is 33.4. The first-order valence-corrected chi connectivity index (χ1v) is 9.36. The number of nitrogen functional groups attached to an aromatic ring is 1. The van der Waals surface area contributed by atoms with Gasteiger partial charge in [-0.1, -0.05) is 24.3 Å². The smallest absolute Gasteiger partial charge is 0.297 e. The summed E-state index contributed by atoms with van der Waals surface area (Å²) in [7, 11) is 0. The molecule has 1 aliphatic heterocycles. The maximum atomic E-state index is 11.1. The fourth-order valence-corrected chi connectivity index (χ4v) is 3.77. The summed E-state index contributed by atoms with van der Waals surface area (Å²) in [6, 6.07) is 11.4. The lowest BCUT2D eigenvalue weighted by Gasteiger charge is -2.24. The van der Waals surface area contributed by atoms with E-state index in [-0.39, 0.29) is 29.6 Å². The first kappa shape index (κ1) is 20.1. The average Bonchev–Trinajstić information content (AvgIpc) is 3.13. The number of aliphatic hydroxyl groups is 2. The molecule has 0 bridgehead atoms. The van der Waals surface area contributed by atoms with Crippen LogP contribution in [0.25, 0.3) is 0 Å². The van der Waals surface area contributed by atoms with Gasteiger partial charge in [0.15, 0.2) is 0 Å². The number of hydrogen-bond acceptors (Lipinski definition) is 7. The predicted molar refractivity (Wildman–Crippen MR) is 108 cm³/mol. The zero-order valence-corrected chi connectivity index (χ0v) is 15.7. The molecular formula is C20H26N4O4. The van der Waals surface area contributed by atoms with E-state index in [0.717, 1.165) is 31.5 Å². The molecule has 150 valence electrons. The van der Waals surface area contributed by atoms with Crippen LogP contribution in [0.15, 0.2) is 36.4 Å². The summed E-state index contributed by atoms with van der Waals surface area (Å²) in [5.41, 5.74) is 8.67. The molecule has 0 spiro atoms. The minimum Gasteiger partial charge on any atom is -0.395 e. The summed E-state index contributed by atoms with van der Waals surface area (Å²) in [6.07, 6.45) is 2.11. The van der Waals surface area contributed by atoms with Crippen molar-refractivity contribution in [2.24, 2.45) is 0 Å². The fourth-order valence-electron chi connectivity index (χ4n) is 3.77. The molecule has 2 aromatic rings. The van der Waals surface area contributed by atoms with Crippen LogP contribution >= 0.6 is 0 Å². The second-order valence-electron chi connectivity index (χ2n) is 7.06. The Morgan fingerprint density at radius 1 is 1.21 bits per heavy atom. The van der Waals surface area contributed by atoms with Crippen LogP contribution in [0.5, 0.6) is 0 Å². The van der Waals surface area contributed by atoms with Gasteiger partial charge in [0.25, 0.3) is 5.69 Å². The van der Waals surface area contributed by atoms with Gasteiger partial charge in [-0.3, -0.25) is 15.0 Å². The number of rotatable bonds is 8. The Hall–Kier alpha value is -2.68. The quantitative estimate of drug-likeness (QED) is 0.311. The molecular weight excluding hydrogens is 360 g/mol. The summed E-state index contributed by atoms with van der Waals surface area (Å²) in [6.45, 7) is 1.99. The number of benzene rings is 2. The topological polar surface area (TPSA) is 125 Å². The van der Waals surface area contributed by atoms with Gasteiger partial charge in [-0.15, -0.1) is 0 Å². The van der Waals surface area contributed by atoms with E-state index in [1.54, 1.807) is 6.07 Å². The molecule has 8 nitrogen and oxygen atoms in total. The third kappa shape index (κ3) is 4.41. The molecule has 8 heteroatoms. The number of hydrogen-bond donors (Lipinski definition) is 4. The molecule has 0 saturated carbocycles. The van der Waals surface area contributed by atoms with E-state index in [4.69, 9.17) is 5.73 Å². The van der Waals surface area contributed by atoms with E-state index in [2.05, 4.69) is 16.3 Å². The monoisotopic (exact) mass is 386 g/mol. The van der Waals surface area contributed by atoms with E-state index in [9.17, 15) is 20.3 Å². The molecule has 5 N–H and O–H groups in total. The number of nitro benzene ring substituents is 1. The highest BCUT2D eigenvalue weighted by atomic mass is 16.6. The van der Waals surface area contributed by atoms with E-state index < -0.39 is 11.5 Å². The first-order valence-electron chi connectivity index (χ1n) is 9.36. The molecule has 1 saturated heterocycles. The fraction of sp³-hybridized carbons (Fsp3) is 0.400. The molecule has 1 aliphatic rings. The van der Waals surface area contributed by atoms with Gasteiger partial charge in [0, 0.05) is 24.8 Å². The zero-order valence-electron chi connectivity index (χ0n) is 15.7. The highest BCUT2D eigenvalue weighted by molar-refractivity contribution is 5.70. The predicted octanol–water partition coefficient (Wildman–Crippen LogP) is 2.24. The van der Waals surface area contributed by atoms with E-state index in [0.29, 0.717) is 12.2 Å². The molecule has 0 aliphatic carbocycles. The van der Waals surface area contributed by atoms with Crippen LogP contribution in [0, 0.1) is 10.1 Å². The van der Waals surface area contributed by atoms with Gasteiger partial charge in [-0.25, -0.2) is 0 Å². The molecule has 28 heavy (non-hydrogen) atoms. The van der Waals surface area contributed by atoms with Crippen molar-refractivity contribution < 1.29 is 15.1 Å². The van der Waals surface area contributed by atoms with Gasteiger partial charge in [0.1, 0.15) is 5.69 Å². The SMILES string of the molecule is Nc1cc(NCc2ccccc2CN2CCCC2CO)cc(CO)c1[N+](=O)[O-]. The van der Waals surface area contributed by atoms with Crippen LogP contribution in [0.4, 0.5) is 17.1 Å². The van der Waals surface area contributed by atoms with Gasteiger partial charge in [0.2, 0.25) is 0 Å². The second kappa shape index (κ2) is 9.01. The Bertz CT molecular complexity index is 843. The van der Waals surface area contributed by atoms with Crippen molar-refractivity contribution in [3.8, 4) is 0 Å². The molecule has 1 atom stereocenters. The second-order valence-corrected chi connectivity index (χ2v) is 7.06. The average molecular weight is 386 g/mol. The summed E-state index contributed by atoms with van der Waals surface area (Å²) >= 11 is 0. The number of nitrogens with one attached hydrogen (secondary N) is 1. The summed E-state index contributed by atoms with van der Waals surface area (Å²) < 4.78 is 0. The minimum absolute atomic E-state index is 0.0233. The van der Waals surface area contributed by atoms with Crippen molar-refractivity contribution in [3.63, 3.8) is 0 Å². The molecule has 1 heterocycles. The molecule has 0 aromatic heterocycles. The Morgan fingerprint density at radius 2 is 1.96 bits per heavy atom. The van der Waals surface area contributed by atoms with Crippen molar-refractivity contribution in [2.45, 2.75) is 38.6 Å². The van der Waals surface area contributed by atoms with Gasteiger partial charge in [-0.05, 0) is 42.6 Å². The standard InChI is InChI=1S/C20H26N4O4/c21-19-9-17(8-16(12-25)20(19)24(27)28)22-10-14-4-1-2-5-15(14)11-23-7-3-6-18(23)13-26/h1-2,4-5,8-9,18,22,25-26H,3,6-7,10-13,21H2. The van der Waals surface area contributed by atoms with Crippen LogP contribution in [0.3, 0.4) is 0 Å². The maximum absolute atomic E-state index is 11.1. The molecule has 0 radical (unpaired) electrons. The molecule has 1 fully saturated rings. The Balaban J connectivity index is 1.75. The highest BCUT2D eigenvalue weighted by Crippen LogP contribution is 2.31. The third-order valence-electron chi connectivity index (χ3n) is 5.26. The highest BCUT2D eigenvalue weighted by Gasteiger charge is 2.24. The third-order valence-corrected chi connectivity index (χ3v) is 5.26. The summed E-state index contributed by atoms with van der Waals surface area (Å²) in [5.74, 6) is 0. The van der Waals surface area contributed by atoms with E-state index in [1.165, 1.54) is 11.6 Å². The number of nitrogens with zero attached hydrogens (tertiary/aromatic N) is 2. The number of aliphatic hydroxyl groups excluding tert-OH is 2. The van der Waals surface area contributed by atoms with Crippen LogP contribution in [0.1, 0.15) is 29.5 Å². The number of nitro groups is 1. The Morgan fingerprint density at radius 3 is 2.64 bits per heavy atom.